The topological polar surface area (TPSA) is 50.4 Å². The predicted octanol–water partition coefficient (Wildman–Crippen LogP) is 3.05. The monoisotopic (exact) mass is 360 g/mol. The van der Waals surface area contributed by atoms with Gasteiger partial charge in [0.1, 0.15) is 5.75 Å². The molecule has 0 bridgehead atoms. The van der Waals surface area contributed by atoms with E-state index in [1.54, 1.807) is 7.11 Å². The van der Waals surface area contributed by atoms with Gasteiger partial charge in [0.25, 0.3) is 0 Å². The second-order valence-electron chi connectivity index (χ2n) is 6.11. The number of carbonyl (C=O) groups excluding carboxylic acids is 1. The molecule has 0 saturated carbocycles. The van der Waals surface area contributed by atoms with Gasteiger partial charge in [-0.2, -0.15) is 0 Å². The van der Waals surface area contributed by atoms with Crippen molar-refractivity contribution in [2.75, 3.05) is 20.2 Å². The maximum absolute atomic E-state index is 12.1. The van der Waals surface area contributed by atoms with Crippen molar-refractivity contribution in [3.8, 4) is 5.75 Å². The third kappa shape index (κ3) is 5.21. The molecule has 0 fully saturated rings. The molecule has 0 aliphatic carbocycles. The third-order valence-corrected chi connectivity index (χ3v) is 4.52. The number of benzene rings is 2. The van der Waals surface area contributed by atoms with Crippen molar-refractivity contribution in [2.45, 2.75) is 25.3 Å². The predicted molar refractivity (Wildman–Crippen MR) is 102 cm³/mol. The van der Waals surface area contributed by atoms with Crippen LogP contribution in [0.2, 0.25) is 0 Å². The molecular weight excluding hydrogens is 336 g/mol. The van der Waals surface area contributed by atoms with Crippen LogP contribution in [-0.4, -0.2) is 26.1 Å². The molecule has 25 heavy (non-hydrogen) atoms. The molecule has 2 aromatic carbocycles. The Morgan fingerprint density at radius 2 is 1.96 bits per heavy atom. The smallest absolute Gasteiger partial charge is 0.220 e. The van der Waals surface area contributed by atoms with Gasteiger partial charge in [0.15, 0.2) is 0 Å². The molecule has 0 saturated heterocycles. The summed E-state index contributed by atoms with van der Waals surface area (Å²) < 4.78 is 5.14. The van der Waals surface area contributed by atoms with Gasteiger partial charge in [-0.15, -0.1) is 12.4 Å². The average molecular weight is 361 g/mol. The van der Waals surface area contributed by atoms with Crippen LogP contribution in [-0.2, 0) is 17.6 Å². The summed E-state index contributed by atoms with van der Waals surface area (Å²) in [6.45, 7) is 1.60. The highest BCUT2D eigenvalue weighted by atomic mass is 35.5. The van der Waals surface area contributed by atoms with Crippen LogP contribution in [0.1, 0.15) is 29.2 Å². The molecule has 1 aliphatic rings. The van der Waals surface area contributed by atoms with Crippen LogP contribution in [0.3, 0.4) is 0 Å². The van der Waals surface area contributed by atoms with E-state index in [-0.39, 0.29) is 24.4 Å². The summed E-state index contributed by atoms with van der Waals surface area (Å²) in [5, 5.41) is 6.55. The van der Waals surface area contributed by atoms with Crippen molar-refractivity contribution in [3.63, 3.8) is 0 Å². The Morgan fingerprint density at radius 3 is 2.72 bits per heavy atom. The van der Waals surface area contributed by atoms with Gasteiger partial charge in [0.05, 0.1) is 7.11 Å². The summed E-state index contributed by atoms with van der Waals surface area (Å²) >= 11 is 0. The molecule has 0 radical (unpaired) electrons. The fourth-order valence-corrected chi connectivity index (χ4v) is 3.13. The fourth-order valence-electron chi connectivity index (χ4n) is 3.13. The Labute approximate surface area is 155 Å². The van der Waals surface area contributed by atoms with E-state index in [1.165, 1.54) is 11.1 Å². The molecule has 0 aromatic heterocycles. The van der Waals surface area contributed by atoms with E-state index in [0.717, 1.165) is 30.7 Å². The second-order valence-corrected chi connectivity index (χ2v) is 6.11. The molecule has 3 rings (SSSR count). The molecular formula is C20H25ClN2O2. The molecule has 4 nitrogen and oxygen atoms in total. The first kappa shape index (κ1) is 19.3. The van der Waals surface area contributed by atoms with Gasteiger partial charge in [-0.3, -0.25) is 4.79 Å². The number of ether oxygens (including phenoxy) is 1. The molecule has 134 valence electrons. The number of hydrogen-bond acceptors (Lipinski definition) is 3. The first-order valence-electron chi connectivity index (χ1n) is 8.47. The largest absolute Gasteiger partial charge is 0.497 e. The van der Waals surface area contributed by atoms with E-state index >= 15 is 0 Å². The summed E-state index contributed by atoms with van der Waals surface area (Å²) in [6, 6.07) is 16.5. The summed E-state index contributed by atoms with van der Waals surface area (Å²) in [7, 11) is 1.65. The number of halogens is 1. The molecule has 1 unspecified atom stereocenters. The Kier molecular flexibility index (Phi) is 7.29. The van der Waals surface area contributed by atoms with Crippen molar-refractivity contribution >= 4 is 18.3 Å². The SMILES string of the molecule is COc1ccc(CCC(=O)NCC2NCCc3ccccc32)cc1.Cl. The Bertz CT molecular complexity index is 688. The standard InChI is InChI=1S/C20H24N2O2.ClH/c1-24-17-9-6-15(7-10-17)8-11-20(23)22-14-19-18-5-3-2-4-16(18)12-13-21-19;/h2-7,9-10,19,21H,8,11-14H2,1H3,(H,22,23);1H. The van der Waals surface area contributed by atoms with Gasteiger partial charge in [-0.25, -0.2) is 0 Å². The molecule has 0 spiro atoms. The summed E-state index contributed by atoms with van der Waals surface area (Å²) in [5.41, 5.74) is 3.83. The third-order valence-electron chi connectivity index (χ3n) is 4.52. The van der Waals surface area contributed by atoms with Crippen molar-refractivity contribution in [3.05, 3.63) is 65.2 Å². The van der Waals surface area contributed by atoms with Crippen LogP contribution >= 0.6 is 12.4 Å². The van der Waals surface area contributed by atoms with Gasteiger partial charge in [0.2, 0.25) is 5.91 Å². The van der Waals surface area contributed by atoms with Crippen molar-refractivity contribution in [2.24, 2.45) is 0 Å². The molecule has 1 aliphatic heterocycles. The lowest BCUT2D eigenvalue weighted by Gasteiger charge is -2.27. The van der Waals surface area contributed by atoms with Crippen LogP contribution in [0.25, 0.3) is 0 Å². The zero-order chi connectivity index (χ0) is 16.8. The Balaban J connectivity index is 0.00000225. The van der Waals surface area contributed by atoms with E-state index in [0.29, 0.717) is 13.0 Å². The van der Waals surface area contributed by atoms with Crippen LogP contribution < -0.4 is 15.4 Å². The lowest BCUT2D eigenvalue weighted by molar-refractivity contribution is -0.121. The molecule has 1 amide bonds. The average Bonchev–Trinajstić information content (AvgIpc) is 2.65. The highest BCUT2D eigenvalue weighted by molar-refractivity contribution is 5.85. The number of aryl methyl sites for hydroxylation is 1. The van der Waals surface area contributed by atoms with E-state index in [4.69, 9.17) is 4.74 Å². The van der Waals surface area contributed by atoms with E-state index < -0.39 is 0 Å². The number of hydrogen-bond donors (Lipinski definition) is 2. The lowest BCUT2D eigenvalue weighted by Crippen LogP contribution is -2.38. The first-order valence-corrected chi connectivity index (χ1v) is 8.47. The van der Waals surface area contributed by atoms with Crippen molar-refractivity contribution < 1.29 is 9.53 Å². The zero-order valence-corrected chi connectivity index (χ0v) is 15.3. The highest BCUT2D eigenvalue weighted by Crippen LogP contribution is 2.21. The number of fused-ring (bicyclic) bond motifs is 1. The lowest BCUT2D eigenvalue weighted by atomic mass is 9.94. The van der Waals surface area contributed by atoms with Crippen molar-refractivity contribution in [1.82, 2.24) is 10.6 Å². The number of carbonyl (C=O) groups is 1. The quantitative estimate of drug-likeness (QED) is 0.832. The van der Waals surface area contributed by atoms with E-state index in [1.807, 2.05) is 24.3 Å². The summed E-state index contributed by atoms with van der Waals surface area (Å²) in [6.07, 6.45) is 2.29. The maximum Gasteiger partial charge on any atom is 0.220 e. The minimum atomic E-state index is 0. The number of rotatable bonds is 6. The summed E-state index contributed by atoms with van der Waals surface area (Å²) in [5.74, 6) is 0.931. The molecule has 2 aromatic rings. The molecule has 1 atom stereocenters. The van der Waals surface area contributed by atoms with Crippen LogP contribution in [0.4, 0.5) is 0 Å². The minimum absolute atomic E-state index is 0. The summed E-state index contributed by atoms with van der Waals surface area (Å²) in [4.78, 5) is 12.1. The van der Waals surface area contributed by atoms with Gasteiger partial charge >= 0.3 is 0 Å². The molecule has 5 heteroatoms. The van der Waals surface area contributed by atoms with Crippen LogP contribution in [0.5, 0.6) is 5.75 Å². The van der Waals surface area contributed by atoms with E-state index in [2.05, 4.69) is 34.9 Å². The maximum atomic E-state index is 12.1. The van der Waals surface area contributed by atoms with E-state index in [9.17, 15) is 4.79 Å². The molecule has 2 N–H and O–H groups in total. The van der Waals surface area contributed by atoms with Gasteiger partial charge in [0, 0.05) is 19.0 Å². The Morgan fingerprint density at radius 1 is 1.20 bits per heavy atom. The van der Waals surface area contributed by atoms with Crippen LogP contribution in [0, 0.1) is 0 Å². The normalized spacial score (nSPS) is 15.6. The van der Waals surface area contributed by atoms with Gasteiger partial charge in [-0.1, -0.05) is 36.4 Å². The minimum Gasteiger partial charge on any atom is -0.497 e. The fraction of sp³-hybridized carbons (Fsp3) is 0.350. The Hall–Kier alpha value is -2.04. The molecule has 1 heterocycles. The highest BCUT2D eigenvalue weighted by Gasteiger charge is 2.19. The zero-order valence-electron chi connectivity index (χ0n) is 14.5. The van der Waals surface area contributed by atoms with Gasteiger partial charge < -0.3 is 15.4 Å². The van der Waals surface area contributed by atoms with Crippen LogP contribution in [0.15, 0.2) is 48.5 Å². The number of amides is 1. The number of nitrogens with one attached hydrogen (secondary N) is 2. The van der Waals surface area contributed by atoms with Crippen molar-refractivity contribution in [1.29, 1.82) is 0 Å². The first-order chi connectivity index (χ1) is 11.8. The van der Waals surface area contributed by atoms with Gasteiger partial charge in [-0.05, 0) is 48.2 Å². The number of methoxy groups -OCH3 is 1. The second kappa shape index (κ2) is 9.44.